The van der Waals surface area contributed by atoms with E-state index in [1.807, 2.05) is 6.08 Å². The Morgan fingerprint density at radius 1 is 0.311 bits per heavy atom. The van der Waals surface area contributed by atoms with Crippen molar-refractivity contribution in [1.29, 1.82) is 0 Å². The number of rotatable bonds is 56. The zero-order chi connectivity index (χ0) is 96.6. The van der Waals surface area contributed by atoms with Crippen LogP contribution in [0.25, 0.3) is 0 Å². The number of allylic oxidation sites excluding steroid dienone is 1. The van der Waals surface area contributed by atoms with Crippen LogP contribution in [0.3, 0.4) is 0 Å². The van der Waals surface area contributed by atoms with Gasteiger partial charge in [0.2, 0.25) is 17.7 Å². The number of nitrogens with one attached hydrogen (secondary N) is 3. The van der Waals surface area contributed by atoms with Crippen LogP contribution < -0.4 is 16.0 Å². The van der Waals surface area contributed by atoms with Crippen molar-refractivity contribution < 1.29 is 203 Å². The van der Waals surface area contributed by atoms with Crippen LogP contribution in [0.4, 0.5) is 0 Å². The predicted octanol–water partition coefficient (Wildman–Crippen LogP) is -4.72. The van der Waals surface area contributed by atoms with Crippen LogP contribution in [-0.2, 0) is 90.2 Å². The van der Waals surface area contributed by atoms with Gasteiger partial charge in [0.15, 0.2) is 50.3 Å². The molecule has 0 saturated carbocycles. The molecule has 0 radical (unpaired) electrons. The molecular weight excluding hydrogens is 1750 g/mol. The highest BCUT2D eigenvalue weighted by Crippen LogP contribution is 2.41. The smallest absolute Gasteiger partial charge is 0.220 e. The van der Waals surface area contributed by atoms with Gasteiger partial charge in [0.05, 0.1) is 70.6 Å². The number of carbonyl (C=O) groups is 3. The molecule has 44 nitrogen and oxygen atoms in total. The molecule has 0 aliphatic carbocycles. The van der Waals surface area contributed by atoms with Crippen molar-refractivity contribution in [2.24, 2.45) is 0 Å². The lowest BCUT2D eigenvalue weighted by atomic mass is 9.93. The molecule has 8 heterocycles. The molecule has 0 bridgehead atoms. The fraction of sp³-hybridized carbons (Fsp3) is 0.943. The van der Waals surface area contributed by atoms with Gasteiger partial charge in [0.25, 0.3) is 0 Å². The number of hydrogen-bond acceptors (Lipinski definition) is 41. The minimum absolute atomic E-state index is 0.137. The molecular formula is C88H157N3O41. The molecule has 8 aliphatic heterocycles. The summed E-state index contributed by atoms with van der Waals surface area (Å²) in [5.41, 5.74) is 0. The first-order valence-corrected chi connectivity index (χ1v) is 47.7. The molecule has 16 unspecified atom stereocenters. The van der Waals surface area contributed by atoms with Gasteiger partial charge in [-0.1, -0.05) is 180 Å². The Balaban J connectivity index is 1.02. The number of amides is 3. The van der Waals surface area contributed by atoms with E-state index in [1.54, 1.807) is 6.08 Å². The zero-order valence-corrected chi connectivity index (χ0v) is 76.7. The largest absolute Gasteiger partial charge is 0.394 e. The van der Waals surface area contributed by atoms with Gasteiger partial charge < -0.3 is 204 Å². The van der Waals surface area contributed by atoms with Gasteiger partial charge in [-0.25, -0.2) is 0 Å². The van der Waals surface area contributed by atoms with E-state index in [0.29, 0.717) is 12.8 Å². The molecule has 8 fully saturated rings. The van der Waals surface area contributed by atoms with Gasteiger partial charge in [0, 0.05) is 20.3 Å². The van der Waals surface area contributed by atoms with Gasteiger partial charge >= 0.3 is 0 Å². The average Bonchev–Trinajstić information content (AvgIpc) is 0.743. The van der Waals surface area contributed by atoms with E-state index in [1.165, 1.54) is 117 Å². The second-order valence-electron chi connectivity index (χ2n) is 36.2. The van der Waals surface area contributed by atoms with Crippen LogP contribution in [0.2, 0.25) is 0 Å². The third-order valence-corrected chi connectivity index (χ3v) is 25.9. The van der Waals surface area contributed by atoms with Gasteiger partial charge in [-0.15, -0.1) is 0 Å². The van der Waals surface area contributed by atoms with Crippen molar-refractivity contribution >= 4 is 17.7 Å². The maximum absolute atomic E-state index is 13.8. The molecule has 8 aliphatic rings. The monoisotopic (exact) mass is 1910 g/mol. The number of aliphatic hydroxyl groups is 22. The fourth-order valence-corrected chi connectivity index (χ4v) is 17.9. The van der Waals surface area contributed by atoms with E-state index in [4.69, 9.17) is 75.8 Å². The first-order chi connectivity index (χ1) is 63.2. The number of aliphatic hydroxyl groups excluding tert-OH is 22. The minimum Gasteiger partial charge on any atom is -0.394 e. The van der Waals surface area contributed by atoms with E-state index < -0.39 is 316 Å². The third kappa shape index (κ3) is 32.1. The molecule has 8 rings (SSSR count). The van der Waals surface area contributed by atoms with Gasteiger partial charge in [-0.3, -0.25) is 14.4 Å². The van der Waals surface area contributed by atoms with Crippen molar-refractivity contribution in [3.05, 3.63) is 12.2 Å². The molecule has 0 aromatic heterocycles. The summed E-state index contributed by atoms with van der Waals surface area (Å²) in [7, 11) is 0. The Morgan fingerprint density at radius 3 is 0.985 bits per heavy atom. The summed E-state index contributed by atoms with van der Waals surface area (Å²) < 4.78 is 97.8. The lowest BCUT2D eigenvalue weighted by molar-refractivity contribution is -0.399. The lowest BCUT2D eigenvalue weighted by Gasteiger charge is -2.52. The van der Waals surface area contributed by atoms with Crippen molar-refractivity contribution in [1.82, 2.24) is 16.0 Å². The van der Waals surface area contributed by atoms with Gasteiger partial charge in [0.1, 0.15) is 183 Å². The number of ether oxygens (including phenoxy) is 16. The Labute approximate surface area is 770 Å². The predicted molar refractivity (Wildman–Crippen MR) is 456 cm³/mol. The summed E-state index contributed by atoms with van der Waals surface area (Å²) in [4.78, 5) is 40.9. The highest BCUT2D eigenvalue weighted by molar-refractivity contribution is 5.76. The molecule has 3 amide bonds. The van der Waals surface area contributed by atoms with Crippen LogP contribution in [-0.4, -0.2) is 434 Å². The number of carbonyl (C=O) groups excluding carboxylic acids is 3. The summed E-state index contributed by atoms with van der Waals surface area (Å²) in [6.45, 7) is 1.72. The van der Waals surface area contributed by atoms with E-state index >= 15 is 0 Å². The van der Waals surface area contributed by atoms with Crippen LogP contribution in [0, 0.1) is 0 Å². The average molecular weight is 1910 g/mol. The third-order valence-electron chi connectivity index (χ3n) is 25.9. The molecule has 44 heteroatoms. The summed E-state index contributed by atoms with van der Waals surface area (Å²) in [5.74, 6) is -2.34. The summed E-state index contributed by atoms with van der Waals surface area (Å²) in [6, 6.07) is -5.15. The molecule has 8 saturated heterocycles. The molecule has 770 valence electrons. The SMILES string of the molecule is CCCCCCCCCCCCC/C=C/[C@@H](O)[C@H](CO[C@@H]1OC(CO)[C@@H](O[C@@H]2OC(CO)[C@H](O)[C@H](O[C@@H]3OC(CO)[C@@H](O[C@H]4OC(C)[C@@H](O)C(O)[C@@H]4O)[C@H](O[C@@H]4OC(CO)[C@H](O)[C@H](O[C@@H]5OC(CO)[C@@H](O[C@H]6OC(C)[C@@H](O)C(O)[C@@H]6O)[C@H](O[C@@H]6OC(CO)[C@H](O)[C@H](O)C6O)C5NC(C)=O)C4O)C3NC(C)=O)C2O)[C@H](O)C1O)NC(=O)CCCCCCCCCCCCCCCCC. The summed E-state index contributed by atoms with van der Waals surface area (Å²) in [6.07, 6.45) is -44.1. The maximum atomic E-state index is 13.8. The van der Waals surface area contributed by atoms with Gasteiger partial charge in [-0.05, 0) is 33.1 Å². The molecule has 25 N–H and O–H groups in total. The van der Waals surface area contributed by atoms with Crippen LogP contribution in [0.5, 0.6) is 0 Å². The lowest BCUT2D eigenvalue weighted by Crippen LogP contribution is -2.72. The molecule has 0 aromatic rings. The number of unbranched alkanes of at least 4 members (excludes halogenated alkanes) is 25. The topological polar surface area (TPSA) is 680 Å². The Hall–Kier alpha value is -3.37. The first-order valence-electron chi connectivity index (χ1n) is 47.7. The van der Waals surface area contributed by atoms with E-state index in [0.717, 1.165) is 71.6 Å². The molecule has 0 spiro atoms. The Kier molecular flexibility index (Phi) is 50.2. The van der Waals surface area contributed by atoms with E-state index in [9.17, 15) is 127 Å². The molecule has 132 heavy (non-hydrogen) atoms. The van der Waals surface area contributed by atoms with Crippen molar-refractivity contribution in [2.45, 2.75) is 479 Å². The Morgan fingerprint density at radius 2 is 0.606 bits per heavy atom. The summed E-state index contributed by atoms with van der Waals surface area (Å²) in [5, 5.41) is 257. The van der Waals surface area contributed by atoms with Gasteiger partial charge in [-0.2, -0.15) is 0 Å². The second-order valence-corrected chi connectivity index (χ2v) is 36.2. The summed E-state index contributed by atoms with van der Waals surface area (Å²) >= 11 is 0. The minimum atomic E-state index is -2.50. The van der Waals surface area contributed by atoms with Crippen LogP contribution in [0.1, 0.15) is 221 Å². The van der Waals surface area contributed by atoms with Crippen LogP contribution >= 0.6 is 0 Å². The fourth-order valence-electron chi connectivity index (χ4n) is 17.9. The molecule has 0 aromatic carbocycles. The quantitative estimate of drug-likeness (QED) is 0.0201. The standard InChI is InChI=1S/C88H157N3O41/c1-7-9-11-13-15-17-19-21-22-24-26-28-30-32-34-36-56(101)91-48(49(100)35-33-31-29-27-25-23-20-18-16-14-12-10-8-2)43-117-83-71(114)67(110)74(53(40-95)125-83)126-87-72(115)79(62(105)51(38-93)121-87)131-82-58(90-47(6)99)78(76(55(42-97)124-82)128-85-69(112)65(108)60(103)45(4)119-85)130-88-73(116)80(63(106)52(39-94)122-88)132-81-57(89-46(5)98)77(129-86-70(113)66(109)61(104)50(37-92)120-86)75(54(41-96)123-81)127-84-68(111)64(107)59(102)44(3)118-84/h33,35,44-45,48-55,57-88,92-97,100,102-116H,7-32,34,36-43H2,1-6H3,(H,89,98)(H,90,99)(H,91,101)/b35-33+/t44?,45?,48-,49+,50?,51?,52?,53?,54?,55?,57?,58?,59+,60+,61-,62-,63-,64?,65?,66-,67+,68-,69-,70?,71?,72?,73?,74+,75+,76+,77+,78+,79-,80-,81-,82-,83+,84+,85+,86-,87-,88-/m0/s1. The zero-order valence-electron chi connectivity index (χ0n) is 76.7. The second kappa shape index (κ2) is 58.1. The van der Waals surface area contributed by atoms with Crippen molar-refractivity contribution in [2.75, 3.05) is 46.2 Å². The highest BCUT2D eigenvalue weighted by Gasteiger charge is 2.62. The van der Waals surface area contributed by atoms with E-state index in [-0.39, 0.29) is 12.3 Å². The highest BCUT2D eigenvalue weighted by atomic mass is 16.8. The maximum Gasteiger partial charge on any atom is 0.220 e. The Bertz CT molecular complexity index is 3230. The normalized spacial score (nSPS) is 40.4. The van der Waals surface area contributed by atoms with Crippen LogP contribution in [0.15, 0.2) is 12.2 Å². The van der Waals surface area contributed by atoms with Crippen molar-refractivity contribution in [3.63, 3.8) is 0 Å². The first kappa shape index (κ1) is 114. The van der Waals surface area contributed by atoms with Crippen molar-refractivity contribution in [3.8, 4) is 0 Å². The number of hydrogen-bond donors (Lipinski definition) is 25. The molecule has 42 atom stereocenters. The van der Waals surface area contributed by atoms with E-state index in [2.05, 4.69) is 29.8 Å².